The molecule has 0 amide bonds. The van der Waals surface area contributed by atoms with E-state index in [9.17, 15) is 19.7 Å². The van der Waals surface area contributed by atoms with E-state index in [-0.39, 0.29) is 32.5 Å². The predicted octanol–water partition coefficient (Wildman–Crippen LogP) is 11.4. The molecule has 0 radical (unpaired) electrons. The number of rotatable bonds is 11. The van der Waals surface area contributed by atoms with Crippen LogP contribution >= 0.6 is 46.4 Å². The van der Waals surface area contributed by atoms with E-state index in [1.165, 1.54) is 36.4 Å². The van der Waals surface area contributed by atoms with Crippen molar-refractivity contribution >= 4 is 52.4 Å². The number of para-hydroxylation sites is 2. The van der Waals surface area contributed by atoms with Gasteiger partial charge in [0, 0.05) is 16.9 Å². The lowest BCUT2D eigenvalue weighted by Gasteiger charge is -2.32. The minimum Gasteiger partial charge on any atom is -0.455 e. The lowest BCUT2D eigenvalue weighted by Crippen LogP contribution is -2.38. The Labute approximate surface area is 308 Å². The van der Waals surface area contributed by atoms with Gasteiger partial charge in [0.05, 0.1) is 12.0 Å². The van der Waals surface area contributed by atoms with Gasteiger partial charge in [0.15, 0.2) is 23.2 Å². The maximum Gasteiger partial charge on any atom is 0.316 e. The molecule has 0 aromatic heterocycles. The standard InChI is InChI=1S/C38H28Cl4F2N2O4/c1-36(2)37(19-33(39)40,20-34(41)42)38(36,27(21-45)23-13-15-28(43)30(17-23)48-25-9-5-3-6-10-25)35(47)50-32(22-46)24-14-16-29(44)31(18-24)49-26-11-7-4-8-12-26/h3-12,14-20,23,27,32H,13H2,1-2H3/t23?,27?,32-,38-/m0/s1. The van der Waals surface area contributed by atoms with Crippen LogP contribution in [-0.4, -0.2) is 5.97 Å². The van der Waals surface area contributed by atoms with Gasteiger partial charge in [-0.15, -0.1) is 0 Å². The summed E-state index contributed by atoms with van der Waals surface area (Å²) in [7, 11) is 0. The maximum atomic E-state index is 15.1. The quantitative estimate of drug-likeness (QED) is 0.181. The minimum absolute atomic E-state index is 0.00334. The summed E-state index contributed by atoms with van der Waals surface area (Å²) in [6, 6.07) is 24.7. The number of carbonyl (C=O) groups is 1. The van der Waals surface area contributed by atoms with E-state index in [1.807, 2.05) is 6.07 Å². The smallest absolute Gasteiger partial charge is 0.316 e. The van der Waals surface area contributed by atoms with Crippen molar-refractivity contribution < 1.29 is 27.8 Å². The molecule has 4 atom stereocenters. The van der Waals surface area contributed by atoms with Gasteiger partial charge in [-0.3, -0.25) is 4.79 Å². The first-order valence-electron chi connectivity index (χ1n) is 15.2. The van der Waals surface area contributed by atoms with Gasteiger partial charge in [-0.25, -0.2) is 8.78 Å². The maximum absolute atomic E-state index is 15.1. The lowest BCUT2D eigenvalue weighted by atomic mass is 9.71. The molecule has 0 spiro atoms. The SMILES string of the molecule is CC1(C)C(C=C(Cl)Cl)(C=C(Cl)Cl)[C@]1(C(=O)O[C@@H](C#N)c1ccc(F)c(Oc2ccccc2)c1)C(C#N)C1C=C(Oc2ccccc2)C(F)=CC1. The fourth-order valence-corrected chi connectivity index (χ4v) is 7.71. The molecule has 3 aromatic rings. The molecule has 1 saturated carbocycles. The first kappa shape index (κ1) is 37.0. The Morgan fingerprint density at radius 1 is 0.880 bits per heavy atom. The van der Waals surface area contributed by atoms with Gasteiger partial charge in [0.25, 0.3) is 0 Å². The van der Waals surface area contributed by atoms with Gasteiger partial charge in [0.2, 0.25) is 6.10 Å². The van der Waals surface area contributed by atoms with Crippen LogP contribution in [0.3, 0.4) is 0 Å². The molecule has 0 aliphatic heterocycles. The molecule has 1 fully saturated rings. The van der Waals surface area contributed by atoms with Crippen LogP contribution in [0.25, 0.3) is 0 Å². The van der Waals surface area contributed by atoms with Crippen molar-refractivity contribution in [3.63, 3.8) is 0 Å². The molecule has 0 N–H and O–H groups in total. The molecule has 2 aliphatic rings. The lowest BCUT2D eigenvalue weighted by molar-refractivity contribution is -0.158. The normalized spacial score (nSPS) is 21.0. The van der Waals surface area contributed by atoms with Gasteiger partial charge in [-0.2, -0.15) is 10.5 Å². The summed E-state index contributed by atoms with van der Waals surface area (Å²) >= 11 is 24.9. The molecular weight excluding hydrogens is 728 g/mol. The summed E-state index contributed by atoms with van der Waals surface area (Å²) in [5, 5.41) is 21.1. The molecule has 3 aromatic carbocycles. The summed E-state index contributed by atoms with van der Waals surface area (Å²) in [6.07, 6.45) is 3.82. The Balaban J connectivity index is 1.60. The molecule has 0 saturated heterocycles. The number of esters is 1. The zero-order valence-corrected chi connectivity index (χ0v) is 29.6. The highest BCUT2D eigenvalue weighted by Gasteiger charge is 2.88. The molecule has 50 heavy (non-hydrogen) atoms. The molecule has 0 bridgehead atoms. The minimum atomic E-state index is -1.86. The van der Waals surface area contributed by atoms with Crippen molar-refractivity contribution in [2.24, 2.45) is 28.1 Å². The van der Waals surface area contributed by atoms with E-state index in [2.05, 4.69) is 6.07 Å². The van der Waals surface area contributed by atoms with E-state index in [0.29, 0.717) is 11.5 Å². The van der Waals surface area contributed by atoms with E-state index < -0.39 is 51.8 Å². The fraction of sp³-hybridized carbons (Fsp3) is 0.237. The topological polar surface area (TPSA) is 92.3 Å². The average molecular weight is 756 g/mol. The highest BCUT2D eigenvalue weighted by Crippen LogP contribution is 2.84. The first-order chi connectivity index (χ1) is 23.8. The number of hydrogen-bond acceptors (Lipinski definition) is 6. The van der Waals surface area contributed by atoms with Crippen molar-refractivity contribution in [2.75, 3.05) is 0 Å². The number of nitriles is 2. The van der Waals surface area contributed by atoms with Crippen LogP contribution in [0, 0.1) is 56.6 Å². The molecule has 2 aliphatic carbocycles. The summed E-state index contributed by atoms with van der Waals surface area (Å²) in [5.74, 6) is -4.14. The van der Waals surface area contributed by atoms with E-state index in [1.54, 1.807) is 74.5 Å². The Morgan fingerprint density at radius 2 is 1.46 bits per heavy atom. The average Bonchev–Trinajstić information content (AvgIpc) is 3.49. The summed E-state index contributed by atoms with van der Waals surface area (Å²) in [5.41, 5.74) is -4.54. The fourth-order valence-electron chi connectivity index (χ4n) is 7.02. The van der Waals surface area contributed by atoms with Crippen LogP contribution in [0.15, 0.2) is 124 Å². The zero-order chi connectivity index (χ0) is 36.3. The van der Waals surface area contributed by atoms with Crippen LogP contribution < -0.4 is 9.47 Å². The second-order valence-electron chi connectivity index (χ2n) is 12.2. The number of ether oxygens (including phenoxy) is 3. The Kier molecular flexibility index (Phi) is 11.0. The zero-order valence-electron chi connectivity index (χ0n) is 26.5. The van der Waals surface area contributed by atoms with Gasteiger partial charge in [0.1, 0.15) is 32.0 Å². The van der Waals surface area contributed by atoms with Gasteiger partial charge in [-0.05, 0) is 72.5 Å². The molecule has 0 heterocycles. The van der Waals surface area contributed by atoms with Crippen LogP contribution in [0.4, 0.5) is 8.78 Å². The van der Waals surface area contributed by atoms with Gasteiger partial charge < -0.3 is 14.2 Å². The van der Waals surface area contributed by atoms with Gasteiger partial charge >= 0.3 is 5.97 Å². The number of nitrogens with zero attached hydrogens (tertiary/aromatic N) is 2. The van der Waals surface area contributed by atoms with Gasteiger partial charge in [-0.1, -0.05) is 103 Å². The third-order valence-corrected chi connectivity index (χ3v) is 9.79. The third-order valence-electron chi connectivity index (χ3n) is 9.35. The van der Waals surface area contributed by atoms with Crippen molar-refractivity contribution in [1.82, 2.24) is 0 Å². The molecule has 5 rings (SSSR count). The third kappa shape index (κ3) is 6.74. The van der Waals surface area contributed by atoms with E-state index in [4.69, 9.17) is 60.6 Å². The predicted molar refractivity (Wildman–Crippen MR) is 187 cm³/mol. The second kappa shape index (κ2) is 14.9. The number of benzene rings is 3. The monoisotopic (exact) mass is 754 g/mol. The summed E-state index contributed by atoms with van der Waals surface area (Å²) in [4.78, 5) is 14.8. The Bertz CT molecular complexity index is 1960. The summed E-state index contributed by atoms with van der Waals surface area (Å²) < 4.78 is 46.9. The molecule has 256 valence electrons. The number of carbonyl (C=O) groups excluding carboxylic acids is 1. The van der Waals surface area contributed by atoms with E-state index >= 15 is 4.39 Å². The van der Waals surface area contributed by atoms with Crippen molar-refractivity contribution in [1.29, 1.82) is 10.5 Å². The molecular formula is C38H28Cl4F2N2O4. The van der Waals surface area contributed by atoms with Crippen LogP contribution in [0.5, 0.6) is 17.2 Å². The second-order valence-corrected chi connectivity index (χ2v) is 14.2. The van der Waals surface area contributed by atoms with Crippen LogP contribution in [-0.2, 0) is 9.53 Å². The number of halogens is 6. The molecule has 6 nitrogen and oxygen atoms in total. The van der Waals surface area contributed by atoms with Crippen molar-refractivity contribution in [3.05, 3.63) is 135 Å². The summed E-state index contributed by atoms with van der Waals surface area (Å²) in [6.45, 7) is 3.35. The Morgan fingerprint density at radius 3 is 2.00 bits per heavy atom. The van der Waals surface area contributed by atoms with Crippen molar-refractivity contribution in [2.45, 2.75) is 26.4 Å². The Hall–Kier alpha value is -4.31. The highest BCUT2D eigenvalue weighted by molar-refractivity contribution is 6.56. The first-order valence-corrected chi connectivity index (χ1v) is 16.7. The highest BCUT2D eigenvalue weighted by atomic mass is 35.5. The molecule has 12 heteroatoms. The van der Waals surface area contributed by atoms with E-state index in [0.717, 1.165) is 6.07 Å². The largest absolute Gasteiger partial charge is 0.455 e. The number of allylic oxidation sites excluding steroid dienone is 5. The molecule has 2 unspecified atom stereocenters. The number of hydrogen-bond donors (Lipinski definition) is 0. The van der Waals surface area contributed by atoms with Crippen LogP contribution in [0.1, 0.15) is 31.9 Å². The van der Waals surface area contributed by atoms with Crippen LogP contribution in [0.2, 0.25) is 0 Å². The van der Waals surface area contributed by atoms with Crippen molar-refractivity contribution in [3.8, 4) is 29.4 Å².